The third-order valence-electron chi connectivity index (χ3n) is 3.36. The maximum absolute atomic E-state index is 5.60. The molecule has 0 spiro atoms. The van der Waals surface area contributed by atoms with Gasteiger partial charge in [0.05, 0.1) is 0 Å². The van der Waals surface area contributed by atoms with Gasteiger partial charge in [0, 0.05) is 30.1 Å². The van der Waals surface area contributed by atoms with Crippen molar-refractivity contribution in [1.82, 2.24) is 20.1 Å². The maximum atomic E-state index is 5.60. The molecule has 5 heteroatoms. The lowest BCUT2D eigenvalue weighted by atomic mass is 10.2. The van der Waals surface area contributed by atoms with Crippen molar-refractivity contribution in [2.24, 2.45) is 0 Å². The molecule has 5 nitrogen and oxygen atoms in total. The van der Waals surface area contributed by atoms with Crippen LogP contribution in [0, 0.1) is 0 Å². The summed E-state index contributed by atoms with van der Waals surface area (Å²) >= 11 is 0. The number of benzene rings is 1. The van der Waals surface area contributed by atoms with Crippen LogP contribution < -0.4 is 5.32 Å². The van der Waals surface area contributed by atoms with Gasteiger partial charge in [-0.1, -0.05) is 25.1 Å². The van der Waals surface area contributed by atoms with Gasteiger partial charge in [-0.15, -0.1) is 10.2 Å². The summed E-state index contributed by atoms with van der Waals surface area (Å²) in [4.78, 5) is 0. The fourth-order valence-electron chi connectivity index (χ4n) is 2.43. The minimum Gasteiger partial charge on any atom is -0.423 e. The summed E-state index contributed by atoms with van der Waals surface area (Å²) in [6, 6.07) is 8.37. The third kappa shape index (κ3) is 2.32. The summed E-state index contributed by atoms with van der Waals surface area (Å²) in [5, 5.41) is 12.6. The van der Waals surface area contributed by atoms with E-state index in [1.165, 1.54) is 16.5 Å². The molecule has 0 aliphatic heterocycles. The van der Waals surface area contributed by atoms with Crippen molar-refractivity contribution in [2.75, 3.05) is 7.05 Å². The second-order valence-corrected chi connectivity index (χ2v) is 4.77. The summed E-state index contributed by atoms with van der Waals surface area (Å²) in [6.07, 6.45) is 2.92. The SMILES string of the molecule is CCc1nnc(Cn2cc(CNC)c3ccccc32)o1. The van der Waals surface area contributed by atoms with Crippen molar-refractivity contribution < 1.29 is 4.42 Å². The standard InChI is InChI=1S/C15H18N4O/c1-3-14-17-18-15(20-14)10-19-9-11(8-16-2)12-6-4-5-7-13(12)19/h4-7,9,16H,3,8,10H2,1-2H3. The van der Waals surface area contributed by atoms with Crippen LogP contribution in [0.4, 0.5) is 0 Å². The van der Waals surface area contributed by atoms with Gasteiger partial charge in [-0.3, -0.25) is 0 Å². The molecule has 0 saturated heterocycles. The minimum atomic E-state index is 0.608. The summed E-state index contributed by atoms with van der Waals surface area (Å²) < 4.78 is 7.76. The van der Waals surface area contributed by atoms with E-state index in [0.29, 0.717) is 18.3 Å². The van der Waals surface area contributed by atoms with Crippen LogP contribution in [0.3, 0.4) is 0 Å². The predicted octanol–water partition coefficient (Wildman–Crippen LogP) is 2.35. The summed E-state index contributed by atoms with van der Waals surface area (Å²) in [5.74, 6) is 1.34. The molecule has 0 bridgehead atoms. The molecule has 2 aromatic heterocycles. The van der Waals surface area contributed by atoms with Crippen molar-refractivity contribution in [3.05, 3.63) is 47.8 Å². The molecule has 1 aromatic carbocycles. The van der Waals surface area contributed by atoms with E-state index in [2.05, 4.69) is 44.5 Å². The monoisotopic (exact) mass is 270 g/mol. The molecular formula is C15H18N4O. The van der Waals surface area contributed by atoms with Crippen LogP contribution in [0.2, 0.25) is 0 Å². The molecule has 3 aromatic rings. The van der Waals surface area contributed by atoms with Crippen LogP contribution in [0.5, 0.6) is 0 Å². The molecule has 0 amide bonds. The first-order chi connectivity index (χ1) is 9.81. The van der Waals surface area contributed by atoms with E-state index in [9.17, 15) is 0 Å². The van der Waals surface area contributed by atoms with Gasteiger partial charge < -0.3 is 14.3 Å². The fourth-order valence-corrected chi connectivity index (χ4v) is 2.43. The first-order valence-corrected chi connectivity index (χ1v) is 6.84. The van der Waals surface area contributed by atoms with E-state index in [1.54, 1.807) is 0 Å². The number of para-hydroxylation sites is 1. The van der Waals surface area contributed by atoms with E-state index in [-0.39, 0.29) is 0 Å². The highest BCUT2D eigenvalue weighted by Crippen LogP contribution is 2.22. The van der Waals surface area contributed by atoms with Crippen molar-refractivity contribution in [3.63, 3.8) is 0 Å². The quantitative estimate of drug-likeness (QED) is 0.773. The Morgan fingerprint density at radius 3 is 2.75 bits per heavy atom. The Labute approximate surface area is 117 Å². The van der Waals surface area contributed by atoms with Crippen LogP contribution in [0.1, 0.15) is 24.3 Å². The number of rotatable bonds is 5. The zero-order chi connectivity index (χ0) is 13.9. The van der Waals surface area contributed by atoms with Crippen LogP contribution in [0.15, 0.2) is 34.9 Å². The highest BCUT2D eigenvalue weighted by molar-refractivity contribution is 5.84. The van der Waals surface area contributed by atoms with Crippen LogP contribution in [0.25, 0.3) is 10.9 Å². The Kier molecular flexibility index (Phi) is 3.52. The highest BCUT2D eigenvalue weighted by Gasteiger charge is 2.10. The van der Waals surface area contributed by atoms with Gasteiger partial charge in [0.1, 0.15) is 6.54 Å². The largest absolute Gasteiger partial charge is 0.423 e. The Balaban J connectivity index is 1.98. The van der Waals surface area contributed by atoms with E-state index in [4.69, 9.17) is 4.42 Å². The summed E-state index contributed by atoms with van der Waals surface area (Å²) in [6.45, 7) is 3.46. The van der Waals surface area contributed by atoms with Gasteiger partial charge in [-0.2, -0.15) is 0 Å². The average Bonchev–Trinajstić information content (AvgIpc) is 3.06. The zero-order valence-electron chi connectivity index (χ0n) is 11.8. The second-order valence-electron chi connectivity index (χ2n) is 4.77. The maximum Gasteiger partial charge on any atom is 0.236 e. The predicted molar refractivity (Wildman–Crippen MR) is 77.5 cm³/mol. The highest BCUT2D eigenvalue weighted by atomic mass is 16.4. The molecule has 1 N–H and O–H groups in total. The smallest absolute Gasteiger partial charge is 0.236 e. The Hall–Kier alpha value is -2.14. The molecule has 0 atom stereocenters. The summed E-state index contributed by atoms with van der Waals surface area (Å²) in [7, 11) is 1.96. The van der Waals surface area contributed by atoms with E-state index < -0.39 is 0 Å². The molecule has 2 heterocycles. The molecule has 20 heavy (non-hydrogen) atoms. The number of nitrogens with zero attached hydrogens (tertiary/aromatic N) is 3. The molecule has 0 saturated carbocycles. The molecule has 0 fully saturated rings. The fraction of sp³-hybridized carbons (Fsp3) is 0.333. The Morgan fingerprint density at radius 1 is 1.20 bits per heavy atom. The number of hydrogen-bond donors (Lipinski definition) is 1. The number of aryl methyl sites for hydroxylation is 1. The lowest BCUT2D eigenvalue weighted by molar-refractivity contribution is 0.444. The van der Waals surface area contributed by atoms with Gasteiger partial charge in [0.15, 0.2) is 0 Å². The van der Waals surface area contributed by atoms with Gasteiger partial charge in [-0.05, 0) is 18.7 Å². The van der Waals surface area contributed by atoms with Crippen LogP contribution in [-0.4, -0.2) is 21.8 Å². The molecule has 3 rings (SSSR count). The van der Waals surface area contributed by atoms with Gasteiger partial charge in [0.2, 0.25) is 11.8 Å². The van der Waals surface area contributed by atoms with E-state index >= 15 is 0 Å². The lowest BCUT2D eigenvalue weighted by Gasteiger charge is -2.00. The normalized spacial score (nSPS) is 11.3. The number of aromatic nitrogens is 3. The van der Waals surface area contributed by atoms with Crippen molar-refractivity contribution >= 4 is 10.9 Å². The molecule has 104 valence electrons. The summed E-state index contributed by atoms with van der Waals surface area (Å²) in [5.41, 5.74) is 2.47. The number of nitrogens with one attached hydrogen (secondary N) is 1. The molecule has 0 aliphatic carbocycles. The average molecular weight is 270 g/mol. The van der Waals surface area contributed by atoms with Gasteiger partial charge >= 0.3 is 0 Å². The Bertz CT molecular complexity index is 714. The third-order valence-corrected chi connectivity index (χ3v) is 3.36. The number of hydrogen-bond acceptors (Lipinski definition) is 4. The van der Waals surface area contributed by atoms with E-state index in [1.807, 2.05) is 20.0 Å². The van der Waals surface area contributed by atoms with Gasteiger partial charge in [-0.25, -0.2) is 0 Å². The van der Waals surface area contributed by atoms with Crippen LogP contribution in [-0.2, 0) is 19.5 Å². The number of fused-ring (bicyclic) bond motifs is 1. The minimum absolute atomic E-state index is 0.608. The second kappa shape index (κ2) is 5.46. The zero-order valence-corrected chi connectivity index (χ0v) is 11.8. The molecule has 0 aliphatic rings. The molecule has 0 unspecified atom stereocenters. The van der Waals surface area contributed by atoms with Crippen molar-refractivity contribution in [3.8, 4) is 0 Å². The molecular weight excluding hydrogens is 252 g/mol. The van der Waals surface area contributed by atoms with E-state index in [0.717, 1.165) is 13.0 Å². The van der Waals surface area contributed by atoms with Gasteiger partial charge in [0.25, 0.3) is 0 Å². The Morgan fingerprint density at radius 2 is 2.00 bits per heavy atom. The van der Waals surface area contributed by atoms with Crippen molar-refractivity contribution in [2.45, 2.75) is 26.4 Å². The first kappa shape index (κ1) is 12.9. The molecule has 0 radical (unpaired) electrons. The first-order valence-electron chi connectivity index (χ1n) is 6.84. The lowest BCUT2D eigenvalue weighted by Crippen LogP contribution is -2.04. The topological polar surface area (TPSA) is 55.9 Å². The van der Waals surface area contributed by atoms with Crippen LogP contribution >= 0.6 is 0 Å². The van der Waals surface area contributed by atoms with Crippen molar-refractivity contribution in [1.29, 1.82) is 0 Å².